The van der Waals surface area contributed by atoms with Crippen LogP contribution in [0.5, 0.6) is 0 Å². The lowest BCUT2D eigenvalue weighted by atomic mass is 10.2. The summed E-state index contributed by atoms with van der Waals surface area (Å²) < 4.78 is 0. The Hall–Kier alpha value is -2.88. The van der Waals surface area contributed by atoms with Gasteiger partial charge in [-0.3, -0.25) is 24.1 Å². The number of hydrogen-bond donors (Lipinski definition) is 1. The molecule has 180 valence electrons. The van der Waals surface area contributed by atoms with Crippen LogP contribution in [-0.2, 0) is 33.6 Å². The SMILES string of the molecule is CC.CNCCCCCC(=O)ON1C(=O)CCC1=O.O=CCCN1C(=O)C=CCCC1=O. The van der Waals surface area contributed by atoms with Crippen molar-refractivity contribution in [2.45, 2.75) is 71.6 Å². The second-order valence-electron chi connectivity index (χ2n) is 6.74. The normalized spacial score (nSPS) is 15.5. The molecule has 0 atom stereocenters. The first-order valence-electron chi connectivity index (χ1n) is 11.1. The van der Waals surface area contributed by atoms with Crippen molar-refractivity contribution < 1.29 is 33.6 Å². The maximum atomic E-state index is 11.3. The van der Waals surface area contributed by atoms with Crippen LogP contribution in [-0.4, -0.2) is 66.0 Å². The first kappa shape index (κ1) is 29.1. The summed E-state index contributed by atoms with van der Waals surface area (Å²) >= 11 is 0. The number of hydroxylamine groups is 2. The highest BCUT2D eigenvalue weighted by atomic mass is 16.7. The van der Waals surface area contributed by atoms with E-state index < -0.39 is 17.8 Å². The molecule has 0 aromatic carbocycles. The lowest BCUT2D eigenvalue weighted by Crippen LogP contribution is -2.35. The molecule has 0 radical (unpaired) electrons. The zero-order valence-electron chi connectivity index (χ0n) is 19.3. The number of imide groups is 2. The Kier molecular flexibility index (Phi) is 16.2. The summed E-state index contributed by atoms with van der Waals surface area (Å²) in [6.45, 7) is 5.11. The number of aldehydes is 1. The van der Waals surface area contributed by atoms with Crippen molar-refractivity contribution in [2.24, 2.45) is 0 Å². The van der Waals surface area contributed by atoms with Crippen LogP contribution in [0, 0.1) is 0 Å². The summed E-state index contributed by atoms with van der Waals surface area (Å²) in [6, 6.07) is 0. The molecule has 2 aliphatic rings. The van der Waals surface area contributed by atoms with Crippen LogP contribution in [0.25, 0.3) is 0 Å². The number of hydrogen-bond acceptors (Lipinski definition) is 8. The van der Waals surface area contributed by atoms with E-state index in [1.807, 2.05) is 20.9 Å². The van der Waals surface area contributed by atoms with Crippen molar-refractivity contribution in [3.8, 4) is 0 Å². The van der Waals surface area contributed by atoms with Gasteiger partial charge in [0.2, 0.25) is 5.91 Å². The molecule has 1 saturated heterocycles. The van der Waals surface area contributed by atoms with E-state index in [1.165, 1.54) is 6.08 Å². The molecule has 2 heterocycles. The first-order valence-corrected chi connectivity index (χ1v) is 11.1. The van der Waals surface area contributed by atoms with Crippen LogP contribution in [0.1, 0.15) is 71.6 Å². The number of nitrogens with one attached hydrogen (secondary N) is 1. The average molecular weight is 454 g/mol. The molecule has 4 amide bonds. The monoisotopic (exact) mass is 453 g/mol. The molecular formula is C22H35N3O7. The largest absolute Gasteiger partial charge is 0.333 e. The molecule has 2 rings (SSSR count). The van der Waals surface area contributed by atoms with Gasteiger partial charge in [0, 0.05) is 38.6 Å². The smallest absolute Gasteiger partial charge is 0.330 e. The molecule has 0 unspecified atom stereocenters. The van der Waals surface area contributed by atoms with Crippen LogP contribution in [0.15, 0.2) is 12.2 Å². The Labute approximate surface area is 189 Å². The molecule has 2 aliphatic heterocycles. The number of nitrogens with zero attached hydrogens (tertiary/aromatic N) is 2. The molecule has 32 heavy (non-hydrogen) atoms. The fourth-order valence-corrected chi connectivity index (χ4v) is 2.71. The summed E-state index contributed by atoms with van der Waals surface area (Å²) in [5.74, 6) is -1.89. The fourth-order valence-electron chi connectivity index (χ4n) is 2.71. The van der Waals surface area contributed by atoms with Gasteiger partial charge in [-0.15, -0.1) is 5.06 Å². The zero-order valence-corrected chi connectivity index (χ0v) is 19.3. The van der Waals surface area contributed by atoms with Crippen molar-refractivity contribution in [2.75, 3.05) is 20.1 Å². The molecule has 0 bridgehead atoms. The standard InChI is InChI=1S/C11H18N2O4.C9H11NO3.C2H6/c1-12-8-4-2-3-5-11(16)17-13-9(14)6-7-10(13)15;11-7-3-6-10-8(12)4-1-2-5-9(10)13;1-2/h12H,2-8H2,1H3;1,4,7H,2-3,5-6H2;1-2H3. The minimum Gasteiger partial charge on any atom is -0.330 e. The van der Waals surface area contributed by atoms with Crippen molar-refractivity contribution >= 4 is 35.9 Å². The van der Waals surface area contributed by atoms with Gasteiger partial charge >= 0.3 is 5.97 Å². The Bertz CT molecular complexity index is 660. The molecule has 0 aromatic heterocycles. The molecule has 10 nitrogen and oxygen atoms in total. The molecule has 0 aliphatic carbocycles. The van der Waals surface area contributed by atoms with E-state index in [0.29, 0.717) is 30.6 Å². The van der Waals surface area contributed by atoms with E-state index in [1.54, 1.807) is 6.08 Å². The summed E-state index contributed by atoms with van der Waals surface area (Å²) in [4.78, 5) is 72.1. The van der Waals surface area contributed by atoms with Crippen LogP contribution in [0.4, 0.5) is 0 Å². The van der Waals surface area contributed by atoms with Gasteiger partial charge in [0.15, 0.2) is 0 Å². The lowest BCUT2D eigenvalue weighted by Gasteiger charge is -2.15. The number of rotatable bonds is 10. The number of amides is 4. The zero-order chi connectivity index (χ0) is 24.4. The van der Waals surface area contributed by atoms with Gasteiger partial charge in [0.25, 0.3) is 17.7 Å². The molecule has 0 spiro atoms. The summed E-state index contributed by atoms with van der Waals surface area (Å²) in [7, 11) is 1.87. The van der Waals surface area contributed by atoms with Crippen molar-refractivity contribution in [3.05, 3.63) is 12.2 Å². The average Bonchev–Trinajstić information content (AvgIpc) is 3.00. The van der Waals surface area contributed by atoms with Crippen molar-refractivity contribution in [1.82, 2.24) is 15.3 Å². The molecule has 0 saturated carbocycles. The Morgan fingerprint density at radius 3 is 2.28 bits per heavy atom. The number of allylic oxidation sites excluding steroid dienone is 1. The van der Waals surface area contributed by atoms with E-state index >= 15 is 0 Å². The van der Waals surface area contributed by atoms with E-state index in [4.69, 9.17) is 4.84 Å². The maximum Gasteiger partial charge on any atom is 0.333 e. The highest BCUT2D eigenvalue weighted by Crippen LogP contribution is 2.13. The van der Waals surface area contributed by atoms with Crippen LogP contribution < -0.4 is 5.32 Å². The van der Waals surface area contributed by atoms with Gasteiger partial charge < -0.3 is 14.9 Å². The molecule has 0 aromatic rings. The predicted octanol–water partition coefficient (Wildman–Crippen LogP) is 1.68. The summed E-state index contributed by atoms with van der Waals surface area (Å²) in [5.41, 5.74) is 0. The third-order valence-electron chi connectivity index (χ3n) is 4.33. The molecule has 10 heteroatoms. The van der Waals surface area contributed by atoms with Crippen LogP contribution in [0.3, 0.4) is 0 Å². The Morgan fingerprint density at radius 1 is 1.03 bits per heavy atom. The quantitative estimate of drug-likeness (QED) is 0.300. The van der Waals surface area contributed by atoms with E-state index in [9.17, 15) is 28.8 Å². The van der Waals surface area contributed by atoms with Gasteiger partial charge in [-0.05, 0) is 38.9 Å². The number of carbonyl (C=O) groups excluding carboxylic acids is 6. The summed E-state index contributed by atoms with van der Waals surface area (Å²) in [6.07, 6.45) is 8.05. The lowest BCUT2D eigenvalue weighted by molar-refractivity contribution is -0.197. The Balaban J connectivity index is 0.000000574. The van der Waals surface area contributed by atoms with Gasteiger partial charge in [-0.1, -0.05) is 26.3 Å². The topological polar surface area (TPSA) is 130 Å². The van der Waals surface area contributed by atoms with Crippen molar-refractivity contribution in [1.29, 1.82) is 0 Å². The predicted molar refractivity (Wildman–Crippen MR) is 117 cm³/mol. The fraction of sp³-hybridized carbons (Fsp3) is 0.636. The van der Waals surface area contributed by atoms with Gasteiger partial charge in [0.05, 0.1) is 0 Å². The van der Waals surface area contributed by atoms with Crippen LogP contribution >= 0.6 is 0 Å². The van der Waals surface area contributed by atoms with Crippen LogP contribution in [0.2, 0.25) is 0 Å². The first-order chi connectivity index (χ1) is 15.4. The molecule has 1 N–H and O–H groups in total. The number of unbranched alkanes of at least 4 members (excludes halogenated alkanes) is 2. The maximum absolute atomic E-state index is 11.3. The van der Waals surface area contributed by atoms with Gasteiger partial charge in [0.1, 0.15) is 6.29 Å². The van der Waals surface area contributed by atoms with Gasteiger partial charge in [-0.2, -0.15) is 0 Å². The minimum absolute atomic E-state index is 0.133. The number of carbonyl (C=O) groups is 6. The van der Waals surface area contributed by atoms with Gasteiger partial charge in [-0.25, -0.2) is 4.79 Å². The van der Waals surface area contributed by atoms with E-state index in [-0.39, 0.29) is 44.0 Å². The van der Waals surface area contributed by atoms with E-state index in [0.717, 1.165) is 24.3 Å². The highest BCUT2D eigenvalue weighted by molar-refractivity contribution is 6.02. The third-order valence-corrected chi connectivity index (χ3v) is 4.33. The second-order valence-corrected chi connectivity index (χ2v) is 6.74. The summed E-state index contributed by atoms with van der Waals surface area (Å²) in [5, 5.41) is 3.61. The minimum atomic E-state index is -0.516. The van der Waals surface area contributed by atoms with Crippen molar-refractivity contribution in [3.63, 3.8) is 0 Å². The molecular weight excluding hydrogens is 418 g/mol. The molecule has 1 fully saturated rings. The second kappa shape index (κ2) is 17.8. The Morgan fingerprint density at radius 2 is 1.69 bits per heavy atom. The highest BCUT2D eigenvalue weighted by Gasteiger charge is 2.32. The third kappa shape index (κ3) is 11.5. The van der Waals surface area contributed by atoms with E-state index in [2.05, 4.69) is 5.32 Å².